The van der Waals surface area contributed by atoms with Crippen LogP contribution in [0.4, 0.5) is 0 Å². The van der Waals surface area contributed by atoms with Crippen LogP contribution in [0.25, 0.3) is 0 Å². The maximum Gasteiger partial charge on any atom is 0.165 e. The largest absolute Gasteiger partial charge is 0.294 e. The van der Waals surface area contributed by atoms with Gasteiger partial charge in [0.05, 0.1) is 25.7 Å². The molecule has 0 atom stereocenters. The summed E-state index contributed by atoms with van der Waals surface area (Å²) in [6, 6.07) is 1.42. The summed E-state index contributed by atoms with van der Waals surface area (Å²) in [5.74, 6) is -0.154. The second-order valence-electron chi connectivity index (χ2n) is 2.62. The van der Waals surface area contributed by atoms with E-state index in [0.29, 0.717) is 6.42 Å². The Labute approximate surface area is 102 Å². The molecule has 1 rings (SSSR count). The van der Waals surface area contributed by atoms with Crippen molar-refractivity contribution in [2.75, 3.05) is 0 Å². The maximum absolute atomic E-state index is 11.4. The van der Waals surface area contributed by atoms with Gasteiger partial charge in [0.1, 0.15) is 0 Å². The first kappa shape index (κ1) is 12.1. The highest BCUT2D eigenvalue weighted by atomic mass is 35.5. The van der Waals surface area contributed by atoms with Gasteiger partial charge in [0.2, 0.25) is 0 Å². The van der Waals surface area contributed by atoms with Gasteiger partial charge >= 0.3 is 0 Å². The molecule has 0 saturated carbocycles. The van der Waals surface area contributed by atoms with Crippen molar-refractivity contribution in [3.63, 3.8) is 0 Å². The van der Waals surface area contributed by atoms with Gasteiger partial charge in [-0.1, -0.05) is 53.3 Å². The lowest BCUT2D eigenvalue weighted by Crippen LogP contribution is -1.99. The Balaban J connectivity index is 3.44. The van der Waals surface area contributed by atoms with E-state index in [2.05, 4.69) is 0 Å². The van der Waals surface area contributed by atoms with Crippen LogP contribution in [-0.2, 0) is 0 Å². The van der Waals surface area contributed by atoms with Crippen LogP contribution in [0.2, 0.25) is 20.1 Å². The second kappa shape index (κ2) is 4.71. The molecule has 0 heterocycles. The monoisotopic (exact) mass is 270 g/mol. The van der Waals surface area contributed by atoms with Gasteiger partial charge in [-0.05, 0) is 6.07 Å². The molecule has 0 N–H and O–H groups in total. The van der Waals surface area contributed by atoms with Gasteiger partial charge < -0.3 is 0 Å². The summed E-state index contributed by atoms with van der Waals surface area (Å²) in [5, 5.41) is 0.760. The van der Waals surface area contributed by atoms with Gasteiger partial charge in [-0.2, -0.15) is 0 Å². The molecule has 1 nitrogen and oxygen atoms in total. The summed E-state index contributed by atoms with van der Waals surface area (Å²) in [7, 11) is 0. The van der Waals surface area contributed by atoms with E-state index in [1.807, 2.05) is 0 Å². The van der Waals surface area contributed by atoms with Gasteiger partial charge in [0.25, 0.3) is 0 Å². The average molecular weight is 272 g/mol. The van der Waals surface area contributed by atoms with E-state index < -0.39 is 0 Å². The van der Waals surface area contributed by atoms with E-state index in [1.54, 1.807) is 6.92 Å². The lowest BCUT2D eigenvalue weighted by molar-refractivity contribution is 0.0988. The third kappa shape index (κ3) is 2.17. The van der Waals surface area contributed by atoms with E-state index >= 15 is 0 Å². The fourth-order valence-corrected chi connectivity index (χ4v) is 2.12. The molecule has 76 valence electrons. The van der Waals surface area contributed by atoms with Gasteiger partial charge in [-0.15, -0.1) is 0 Å². The van der Waals surface area contributed by atoms with Crippen molar-refractivity contribution in [3.8, 4) is 0 Å². The zero-order valence-corrected chi connectivity index (χ0v) is 10.2. The van der Waals surface area contributed by atoms with E-state index in [-0.39, 0.29) is 31.4 Å². The van der Waals surface area contributed by atoms with Crippen molar-refractivity contribution in [2.24, 2.45) is 0 Å². The van der Waals surface area contributed by atoms with Crippen molar-refractivity contribution >= 4 is 52.2 Å². The molecular weight excluding hydrogens is 266 g/mol. The normalized spacial score (nSPS) is 10.4. The van der Waals surface area contributed by atoms with Crippen molar-refractivity contribution in [1.29, 1.82) is 0 Å². The van der Waals surface area contributed by atoms with Gasteiger partial charge in [-0.3, -0.25) is 4.79 Å². The third-order valence-electron chi connectivity index (χ3n) is 1.71. The standard InChI is InChI=1S/C9H6Cl4O/c1-2-6(14)7-4(10)3-5(11)8(12)9(7)13/h3H,2H2,1H3. The molecule has 0 radical (unpaired) electrons. The Morgan fingerprint density at radius 2 is 1.71 bits per heavy atom. The van der Waals surface area contributed by atoms with Crippen LogP contribution in [0.5, 0.6) is 0 Å². The molecule has 0 unspecified atom stereocenters. The number of halogens is 4. The van der Waals surface area contributed by atoms with Crippen molar-refractivity contribution < 1.29 is 4.79 Å². The zero-order valence-electron chi connectivity index (χ0n) is 7.20. The molecular formula is C9H6Cl4O. The van der Waals surface area contributed by atoms with Crippen LogP contribution >= 0.6 is 46.4 Å². The van der Waals surface area contributed by atoms with Gasteiger partial charge in [0.15, 0.2) is 5.78 Å². The summed E-state index contributed by atoms with van der Waals surface area (Å²) in [5.41, 5.74) is 0.241. The molecule has 0 bridgehead atoms. The number of carbonyl (C=O) groups excluding carboxylic acids is 1. The Hall–Kier alpha value is 0.0500. The molecule has 0 aliphatic rings. The number of Topliss-reactive ketones (excluding diaryl/α,β-unsaturated/α-hetero) is 1. The topological polar surface area (TPSA) is 17.1 Å². The number of rotatable bonds is 2. The van der Waals surface area contributed by atoms with Crippen LogP contribution in [0, 0.1) is 0 Å². The quantitative estimate of drug-likeness (QED) is 0.425. The zero-order chi connectivity index (χ0) is 10.9. The van der Waals surface area contributed by atoms with E-state index in [0.717, 1.165) is 0 Å². The number of carbonyl (C=O) groups is 1. The first-order valence-corrected chi connectivity index (χ1v) is 5.36. The van der Waals surface area contributed by atoms with Crippen LogP contribution in [0.3, 0.4) is 0 Å². The number of hydrogen-bond donors (Lipinski definition) is 0. The summed E-state index contributed by atoms with van der Waals surface area (Å²) >= 11 is 23.2. The van der Waals surface area contributed by atoms with E-state index in [9.17, 15) is 4.79 Å². The lowest BCUT2D eigenvalue weighted by atomic mass is 10.1. The van der Waals surface area contributed by atoms with Gasteiger partial charge in [0, 0.05) is 6.42 Å². The summed E-state index contributed by atoms with van der Waals surface area (Å²) in [4.78, 5) is 11.4. The smallest absolute Gasteiger partial charge is 0.165 e. The van der Waals surface area contributed by atoms with E-state index in [4.69, 9.17) is 46.4 Å². The fourth-order valence-electron chi connectivity index (χ4n) is 0.999. The highest BCUT2D eigenvalue weighted by Gasteiger charge is 2.18. The minimum atomic E-state index is -0.154. The first-order valence-electron chi connectivity index (χ1n) is 3.85. The van der Waals surface area contributed by atoms with Crippen molar-refractivity contribution in [3.05, 3.63) is 31.7 Å². The van der Waals surface area contributed by atoms with Gasteiger partial charge in [-0.25, -0.2) is 0 Å². The Bertz CT molecular complexity index is 387. The maximum atomic E-state index is 11.4. The molecule has 1 aromatic carbocycles. The Morgan fingerprint density at radius 3 is 2.21 bits per heavy atom. The molecule has 5 heteroatoms. The number of benzene rings is 1. The molecule has 14 heavy (non-hydrogen) atoms. The fraction of sp³-hybridized carbons (Fsp3) is 0.222. The molecule has 0 aliphatic heterocycles. The minimum Gasteiger partial charge on any atom is -0.294 e. The summed E-state index contributed by atoms with van der Waals surface area (Å²) in [6.45, 7) is 1.72. The molecule has 0 aromatic heterocycles. The van der Waals surface area contributed by atoms with Crippen LogP contribution in [-0.4, -0.2) is 5.78 Å². The highest BCUT2D eigenvalue weighted by molar-refractivity contribution is 6.51. The highest BCUT2D eigenvalue weighted by Crippen LogP contribution is 2.37. The van der Waals surface area contributed by atoms with Crippen LogP contribution in [0.15, 0.2) is 6.07 Å². The molecule has 0 aliphatic carbocycles. The molecule has 1 aromatic rings. The van der Waals surface area contributed by atoms with Crippen molar-refractivity contribution in [1.82, 2.24) is 0 Å². The Morgan fingerprint density at radius 1 is 1.14 bits per heavy atom. The molecule has 0 spiro atoms. The van der Waals surface area contributed by atoms with Crippen LogP contribution < -0.4 is 0 Å². The summed E-state index contributed by atoms with van der Waals surface area (Å²) in [6.07, 6.45) is 0.317. The number of hydrogen-bond acceptors (Lipinski definition) is 1. The third-order valence-corrected chi connectivity index (χ3v) is 3.27. The Kier molecular flexibility index (Phi) is 4.08. The SMILES string of the molecule is CCC(=O)c1c(Cl)cc(Cl)c(Cl)c1Cl. The lowest BCUT2D eigenvalue weighted by Gasteiger charge is -2.07. The predicted octanol–water partition coefficient (Wildman–Crippen LogP) is 4.89. The second-order valence-corrected chi connectivity index (χ2v) is 4.19. The predicted molar refractivity (Wildman–Crippen MR) is 61.1 cm³/mol. The summed E-state index contributed by atoms with van der Waals surface area (Å²) < 4.78 is 0. The minimum absolute atomic E-state index is 0.121. The van der Waals surface area contributed by atoms with Crippen molar-refractivity contribution in [2.45, 2.75) is 13.3 Å². The van der Waals surface area contributed by atoms with E-state index in [1.165, 1.54) is 6.07 Å². The van der Waals surface area contributed by atoms with Crippen LogP contribution in [0.1, 0.15) is 23.7 Å². The average Bonchev–Trinajstić information content (AvgIpc) is 2.14. The molecule has 0 fully saturated rings. The molecule has 0 saturated heterocycles. The number of ketones is 1. The molecule has 0 amide bonds. The first-order chi connectivity index (χ1) is 6.49.